The van der Waals surface area contributed by atoms with Crippen LogP contribution in [-0.4, -0.2) is 24.3 Å². The molecule has 0 saturated heterocycles. The van der Waals surface area contributed by atoms with Crippen LogP contribution in [0.1, 0.15) is 18.4 Å². The van der Waals surface area contributed by atoms with Crippen LogP contribution < -0.4 is 9.47 Å². The smallest absolute Gasteiger partial charge is 0.303 e. The van der Waals surface area contributed by atoms with Gasteiger partial charge in [0, 0.05) is 12.8 Å². The fraction of sp³-hybridized carbons (Fsp3) is 0.417. The molecule has 4 nitrogen and oxygen atoms in total. The zero-order valence-electron chi connectivity index (χ0n) is 9.24. The number of hydrogen-bond donors (Lipinski definition) is 1. The molecule has 1 aromatic rings. The van der Waals surface area contributed by atoms with Gasteiger partial charge in [0.15, 0.2) is 11.5 Å². The van der Waals surface area contributed by atoms with Crippen LogP contribution in [0.3, 0.4) is 0 Å². The van der Waals surface area contributed by atoms with Crippen molar-refractivity contribution in [3.8, 4) is 11.5 Å². The highest BCUT2D eigenvalue weighted by atomic mass is 35.5. The summed E-state index contributed by atoms with van der Waals surface area (Å²) in [6, 6.07) is 3.50. The van der Waals surface area contributed by atoms with Crippen LogP contribution in [0.25, 0.3) is 0 Å². The molecule has 0 bridgehead atoms. The molecule has 0 radical (unpaired) electrons. The molecule has 0 unspecified atom stereocenters. The fourth-order valence-electron chi connectivity index (χ4n) is 1.72. The fourth-order valence-corrected chi connectivity index (χ4v) is 1.92. The topological polar surface area (TPSA) is 55.8 Å². The predicted molar refractivity (Wildman–Crippen MR) is 63.0 cm³/mol. The lowest BCUT2D eigenvalue weighted by Crippen LogP contribution is -2.01. The first-order chi connectivity index (χ1) is 8.18. The first-order valence-corrected chi connectivity index (χ1v) is 5.85. The minimum atomic E-state index is -0.830. The first kappa shape index (κ1) is 12.0. The van der Waals surface area contributed by atoms with Gasteiger partial charge in [-0.3, -0.25) is 4.79 Å². The van der Waals surface area contributed by atoms with E-state index in [4.69, 9.17) is 26.2 Å². The molecule has 0 aliphatic carbocycles. The number of rotatable bonds is 3. The largest absolute Gasteiger partial charge is 0.489 e. The Morgan fingerprint density at radius 1 is 1.29 bits per heavy atom. The molecule has 5 heteroatoms. The normalized spacial score (nSPS) is 14.2. The Kier molecular flexibility index (Phi) is 3.74. The van der Waals surface area contributed by atoms with Crippen LogP contribution in [0.15, 0.2) is 12.1 Å². The molecule has 1 aromatic carbocycles. The molecular weight excluding hydrogens is 244 g/mol. The molecule has 0 saturated carbocycles. The van der Waals surface area contributed by atoms with Crippen molar-refractivity contribution in [3.63, 3.8) is 0 Å². The van der Waals surface area contributed by atoms with E-state index in [1.807, 2.05) is 0 Å². The van der Waals surface area contributed by atoms with E-state index in [1.54, 1.807) is 12.1 Å². The lowest BCUT2D eigenvalue weighted by Gasteiger charge is -2.13. The van der Waals surface area contributed by atoms with Gasteiger partial charge in [-0.2, -0.15) is 0 Å². The van der Waals surface area contributed by atoms with Crippen LogP contribution in [0.4, 0.5) is 0 Å². The maximum atomic E-state index is 10.6. The third kappa shape index (κ3) is 2.82. The van der Waals surface area contributed by atoms with E-state index >= 15 is 0 Å². The van der Waals surface area contributed by atoms with Crippen molar-refractivity contribution in [2.24, 2.45) is 0 Å². The van der Waals surface area contributed by atoms with Gasteiger partial charge < -0.3 is 14.6 Å². The van der Waals surface area contributed by atoms with Crippen molar-refractivity contribution >= 4 is 17.6 Å². The maximum absolute atomic E-state index is 10.6. The monoisotopic (exact) mass is 256 g/mol. The van der Waals surface area contributed by atoms with E-state index in [0.717, 1.165) is 12.0 Å². The van der Waals surface area contributed by atoms with Gasteiger partial charge in [0.05, 0.1) is 18.2 Å². The Morgan fingerprint density at radius 3 is 2.71 bits per heavy atom. The third-order valence-corrected chi connectivity index (χ3v) is 2.83. The number of aliphatic carboxylic acids is 1. The SMILES string of the molecule is O=C(O)CCc1ccc(Cl)c2c1OCCCO2. The van der Waals surface area contributed by atoms with E-state index in [1.165, 1.54) is 0 Å². The van der Waals surface area contributed by atoms with E-state index in [-0.39, 0.29) is 6.42 Å². The standard InChI is InChI=1S/C12H13ClO4/c13-9-4-2-8(3-5-10(14)15)11-12(9)17-7-1-6-16-11/h2,4H,1,3,5-7H2,(H,14,15). The molecular formula is C12H13ClO4. The van der Waals surface area contributed by atoms with Gasteiger partial charge in [-0.25, -0.2) is 0 Å². The highest BCUT2D eigenvalue weighted by Gasteiger charge is 2.18. The van der Waals surface area contributed by atoms with E-state index in [2.05, 4.69) is 0 Å². The number of carboxylic acids is 1. The van der Waals surface area contributed by atoms with Crippen LogP contribution >= 0.6 is 11.6 Å². The summed E-state index contributed by atoms with van der Waals surface area (Å²) in [5.74, 6) is 0.298. The van der Waals surface area contributed by atoms with Gasteiger partial charge in [-0.1, -0.05) is 17.7 Å². The second kappa shape index (κ2) is 5.27. The molecule has 1 heterocycles. The van der Waals surface area contributed by atoms with Gasteiger partial charge in [-0.05, 0) is 18.1 Å². The maximum Gasteiger partial charge on any atom is 0.303 e. The summed E-state index contributed by atoms with van der Waals surface area (Å²) in [6.45, 7) is 1.13. The molecule has 17 heavy (non-hydrogen) atoms. The minimum absolute atomic E-state index is 0.0669. The number of benzene rings is 1. The van der Waals surface area contributed by atoms with Crippen molar-refractivity contribution in [3.05, 3.63) is 22.7 Å². The summed E-state index contributed by atoms with van der Waals surface area (Å²) in [7, 11) is 0. The Balaban J connectivity index is 2.29. The third-order valence-electron chi connectivity index (χ3n) is 2.54. The summed E-state index contributed by atoms with van der Waals surface area (Å²) in [5.41, 5.74) is 0.828. The van der Waals surface area contributed by atoms with Crippen LogP contribution in [0.5, 0.6) is 11.5 Å². The predicted octanol–water partition coefficient (Wildman–Crippen LogP) is 2.52. The Labute approximate surface area is 104 Å². The van der Waals surface area contributed by atoms with Gasteiger partial charge in [0.1, 0.15) is 0 Å². The number of carboxylic acid groups (broad SMARTS) is 1. The summed E-state index contributed by atoms with van der Waals surface area (Å²) < 4.78 is 11.1. The lowest BCUT2D eigenvalue weighted by atomic mass is 10.1. The molecule has 0 fully saturated rings. The average molecular weight is 257 g/mol. The number of aryl methyl sites for hydroxylation is 1. The molecule has 0 aromatic heterocycles. The van der Waals surface area contributed by atoms with E-state index in [0.29, 0.717) is 36.2 Å². The zero-order chi connectivity index (χ0) is 12.3. The van der Waals surface area contributed by atoms with Crippen molar-refractivity contribution < 1.29 is 19.4 Å². The van der Waals surface area contributed by atoms with Gasteiger partial charge in [-0.15, -0.1) is 0 Å². The van der Waals surface area contributed by atoms with E-state index in [9.17, 15) is 4.79 Å². The van der Waals surface area contributed by atoms with Gasteiger partial charge in [0.25, 0.3) is 0 Å². The molecule has 1 aliphatic rings. The Bertz CT molecular complexity index is 431. The Morgan fingerprint density at radius 2 is 2.00 bits per heavy atom. The first-order valence-electron chi connectivity index (χ1n) is 5.47. The summed E-state index contributed by atoms with van der Waals surface area (Å²) >= 11 is 6.03. The quantitative estimate of drug-likeness (QED) is 0.903. The second-order valence-electron chi connectivity index (χ2n) is 3.81. The Hall–Kier alpha value is -1.42. The van der Waals surface area contributed by atoms with E-state index < -0.39 is 5.97 Å². The molecule has 2 rings (SSSR count). The van der Waals surface area contributed by atoms with Crippen molar-refractivity contribution in [2.45, 2.75) is 19.3 Å². The summed E-state index contributed by atoms with van der Waals surface area (Å²) in [6.07, 6.45) is 1.28. The van der Waals surface area contributed by atoms with Gasteiger partial charge >= 0.3 is 5.97 Å². The molecule has 1 N–H and O–H groups in total. The molecule has 0 amide bonds. The van der Waals surface area contributed by atoms with Crippen molar-refractivity contribution in [1.29, 1.82) is 0 Å². The minimum Gasteiger partial charge on any atom is -0.489 e. The summed E-state index contributed by atoms with van der Waals surface area (Å²) in [4.78, 5) is 10.6. The van der Waals surface area contributed by atoms with Crippen LogP contribution in [0.2, 0.25) is 5.02 Å². The van der Waals surface area contributed by atoms with Crippen LogP contribution in [-0.2, 0) is 11.2 Å². The summed E-state index contributed by atoms with van der Waals surface area (Å²) in [5, 5.41) is 9.19. The lowest BCUT2D eigenvalue weighted by molar-refractivity contribution is -0.136. The molecule has 1 aliphatic heterocycles. The van der Waals surface area contributed by atoms with Gasteiger partial charge in [0.2, 0.25) is 0 Å². The second-order valence-corrected chi connectivity index (χ2v) is 4.22. The van der Waals surface area contributed by atoms with Crippen molar-refractivity contribution in [2.75, 3.05) is 13.2 Å². The van der Waals surface area contributed by atoms with Crippen molar-refractivity contribution in [1.82, 2.24) is 0 Å². The number of halogens is 1. The number of carbonyl (C=O) groups is 1. The molecule has 0 spiro atoms. The highest BCUT2D eigenvalue weighted by molar-refractivity contribution is 6.32. The molecule has 0 atom stereocenters. The number of fused-ring (bicyclic) bond motifs is 1. The average Bonchev–Trinajstić information content (AvgIpc) is 2.54. The van der Waals surface area contributed by atoms with Crippen LogP contribution in [0, 0.1) is 0 Å². The highest BCUT2D eigenvalue weighted by Crippen LogP contribution is 2.40. The molecule has 92 valence electrons. The number of ether oxygens (including phenoxy) is 2. The zero-order valence-corrected chi connectivity index (χ0v) is 10.00. The number of hydrogen-bond acceptors (Lipinski definition) is 3.